The van der Waals surface area contributed by atoms with Crippen molar-refractivity contribution in [1.82, 2.24) is 5.32 Å². The van der Waals surface area contributed by atoms with Gasteiger partial charge in [0.2, 0.25) is 5.91 Å². The average Bonchev–Trinajstić information content (AvgIpc) is 2.93. The van der Waals surface area contributed by atoms with Gasteiger partial charge in [0.15, 0.2) is 0 Å². The molecule has 1 fully saturated rings. The summed E-state index contributed by atoms with van der Waals surface area (Å²) in [5.41, 5.74) is 8.14. The zero-order valence-electron chi connectivity index (χ0n) is 18.2. The van der Waals surface area contributed by atoms with Gasteiger partial charge in [0.1, 0.15) is 18.4 Å². The molecule has 7 heteroatoms. The number of nitrogens with one attached hydrogen (secondary N) is 1. The zero-order chi connectivity index (χ0) is 22.5. The number of carboxylic acid groups (broad SMARTS) is 1. The number of anilines is 2. The van der Waals surface area contributed by atoms with Crippen LogP contribution in [0.1, 0.15) is 37.7 Å². The van der Waals surface area contributed by atoms with E-state index in [0.717, 1.165) is 31.2 Å². The number of ether oxygens (including phenoxy) is 1. The van der Waals surface area contributed by atoms with E-state index in [2.05, 4.69) is 5.32 Å². The fourth-order valence-electron chi connectivity index (χ4n) is 4.73. The zero-order valence-corrected chi connectivity index (χ0v) is 18.2. The van der Waals surface area contributed by atoms with Crippen LogP contribution in [0.25, 0.3) is 0 Å². The fraction of sp³-hybridized carbons (Fsp3) is 0.440. The monoisotopic (exact) mass is 437 g/mol. The van der Waals surface area contributed by atoms with Crippen molar-refractivity contribution in [3.05, 3.63) is 54.1 Å². The summed E-state index contributed by atoms with van der Waals surface area (Å²) in [6, 6.07) is 14.3. The molecule has 2 aliphatic rings. The molecule has 0 unspecified atom stereocenters. The van der Waals surface area contributed by atoms with Crippen LogP contribution in [0, 0.1) is 11.8 Å². The largest absolute Gasteiger partial charge is 0.489 e. The minimum Gasteiger partial charge on any atom is -0.489 e. The van der Waals surface area contributed by atoms with E-state index >= 15 is 0 Å². The molecule has 2 aromatic rings. The number of nitrogen functional groups attached to an aromatic ring is 1. The highest BCUT2D eigenvalue weighted by Crippen LogP contribution is 2.33. The molecule has 0 saturated heterocycles. The van der Waals surface area contributed by atoms with Crippen molar-refractivity contribution in [2.24, 2.45) is 11.8 Å². The van der Waals surface area contributed by atoms with Crippen LogP contribution in [0.15, 0.2) is 48.5 Å². The topological polar surface area (TPSA) is 105 Å². The molecule has 1 amide bonds. The third-order valence-corrected chi connectivity index (χ3v) is 6.57. The van der Waals surface area contributed by atoms with Crippen LogP contribution in [0.4, 0.5) is 11.4 Å². The van der Waals surface area contributed by atoms with Crippen molar-refractivity contribution in [2.75, 3.05) is 23.8 Å². The Bertz CT molecular complexity index is 940. The number of nitrogens with zero attached hydrogens (tertiary/aromatic N) is 1. The average molecular weight is 438 g/mol. The number of para-hydroxylation sites is 2. The Morgan fingerprint density at radius 1 is 1.12 bits per heavy atom. The Morgan fingerprint density at radius 3 is 2.56 bits per heavy atom. The predicted octanol–water partition coefficient (Wildman–Crippen LogP) is 3.43. The highest BCUT2D eigenvalue weighted by molar-refractivity contribution is 5.99. The Kier molecular flexibility index (Phi) is 6.95. The van der Waals surface area contributed by atoms with Gasteiger partial charge in [0.05, 0.1) is 18.2 Å². The number of hydrogen-bond acceptors (Lipinski definition) is 5. The molecule has 1 saturated carbocycles. The lowest BCUT2D eigenvalue weighted by atomic mass is 9.80. The first kappa shape index (κ1) is 22.1. The first-order chi connectivity index (χ1) is 15.5. The van der Waals surface area contributed by atoms with Crippen molar-refractivity contribution in [3.8, 4) is 5.75 Å². The van der Waals surface area contributed by atoms with Crippen LogP contribution in [0.5, 0.6) is 5.75 Å². The van der Waals surface area contributed by atoms with Gasteiger partial charge >= 0.3 is 5.97 Å². The van der Waals surface area contributed by atoms with Gasteiger partial charge in [-0.15, -0.1) is 0 Å². The molecule has 0 aromatic heterocycles. The number of carbonyl (C=O) groups is 2. The summed E-state index contributed by atoms with van der Waals surface area (Å²) in [4.78, 5) is 27.2. The van der Waals surface area contributed by atoms with E-state index < -0.39 is 17.9 Å². The van der Waals surface area contributed by atoms with Gasteiger partial charge in [-0.1, -0.05) is 43.5 Å². The summed E-state index contributed by atoms with van der Waals surface area (Å²) < 4.78 is 5.96. The van der Waals surface area contributed by atoms with Crippen molar-refractivity contribution < 1.29 is 19.4 Å². The quantitative estimate of drug-likeness (QED) is 0.573. The lowest BCUT2D eigenvalue weighted by molar-refractivity contribution is -0.144. The molecular weight excluding hydrogens is 406 g/mol. The highest BCUT2D eigenvalue weighted by Gasteiger charge is 2.34. The molecule has 170 valence electrons. The molecule has 0 radical (unpaired) electrons. The fourth-order valence-corrected chi connectivity index (χ4v) is 4.73. The number of fused-ring (bicyclic) bond motifs is 1. The maximum absolute atomic E-state index is 13.5. The van der Waals surface area contributed by atoms with Gasteiger partial charge in [0.25, 0.3) is 0 Å². The van der Waals surface area contributed by atoms with E-state index in [1.807, 2.05) is 48.5 Å². The van der Waals surface area contributed by atoms with Gasteiger partial charge in [-0.3, -0.25) is 9.59 Å². The Morgan fingerprint density at radius 2 is 1.84 bits per heavy atom. The second-order valence-electron chi connectivity index (χ2n) is 8.75. The highest BCUT2D eigenvalue weighted by atomic mass is 16.5. The van der Waals surface area contributed by atoms with E-state index in [0.29, 0.717) is 23.7 Å². The summed E-state index contributed by atoms with van der Waals surface area (Å²) in [5, 5.41) is 13.0. The minimum atomic E-state index is -0.798. The van der Waals surface area contributed by atoms with E-state index in [4.69, 9.17) is 10.5 Å². The van der Waals surface area contributed by atoms with Crippen molar-refractivity contribution in [1.29, 1.82) is 0 Å². The Balaban J connectivity index is 1.52. The minimum absolute atomic E-state index is 0.125. The van der Waals surface area contributed by atoms with E-state index in [1.54, 1.807) is 4.90 Å². The number of hydrogen-bond donors (Lipinski definition) is 3. The first-order valence-electron chi connectivity index (χ1n) is 11.4. The molecule has 4 rings (SSSR count). The number of benzene rings is 2. The third-order valence-electron chi connectivity index (χ3n) is 6.57. The number of rotatable bonds is 7. The summed E-state index contributed by atoms with van der Waals surface area (Å²) >= 11 is 0. The number of amides is 1. The molecule has 7 nitrogen and oxygen atoms in total. The molecule has 1 heterocycles. The maximum atomic E-state index is 13.5. The van der Waals surface area contributed by atoms with Crippen molar-refractivity contribution in [2.45, 2.75) is 44.7 Å². The van der Waals surface area contributed by atoms with Crippen LogP contribution < -0.4 is 20.7 Å². The summed E-state index contributed by atoms with van der Waals surface area (Å²) in [6.07, 6.45) is 5.18. The molecule has 32 heavy (non-hydrogen) atoms. The van der Waals surface area contributed by atoms with Gasteiger partial charge in [-0.2, -0.15) is 0 Å². The standard InChI is InChI=1S/C25H31N3O4/c26-19-12-10-17(11-13-19)15-28-22-8-4-5-9-23(22)32-16-21(24(28)29)27-14-20(25(30)31)18-6-2-1-3-7-18/h4-5,8-13,18,20-21,27H,1-3,6-7,14-16,26H2,(H,30,31)/t20-,21-/m0/s1. The molecule has 2 atom stereocenters. The van der Waals surface area contributed by atoms with Crippen LogP contribution in [-0.2, 0) is 16.1 Å². The molecule has 4 N–H and O–H groups in total. The first-order valence-corrected chi connectivity index (χ1v) is 11.4. The van der Waals surface area contributed by atoms with Crippen LogP contribution in [0.2, 0.25) is 0 Å². The second-order valence-corrected chi connectivity index (χ2v) is 8.75. The van der Waals surface area contributed by atoms with E-state index in [1.165, 1.54) is 6.42 Å². The molecular formula is C25H31N3O4. The lowest BCUT2D eigenvalue weighted by Gasteiger charge is -2.29. The van der Waals surface area contributed by atoms with Crippen molar-refractivity contribution in [3.63, 3.8) is 0 Å². The van der Waals surface area contributed by atoms with Crippen LogP contribution in [0.3, 0.4) is 0 Å². The molecule has 2 aromatic carbocycles. The van der Waals surface area contributed by atoms with Crippen LogP contribution >= 0.6 is 0 Å². The Hall–Kier alpha value is -3.06. The summed E-state index contributed by atoms with van der Waals surface area (Å²) in [5.74, 6) is -0.631. The smallest absolute Gasteiger partial charge is 0.308 e. The van der Waals surface area contributed by atoms with Gasteiger partial charge in [0, 0.05) is 12.2 Å². The van der Waals surface area contributed by atoms with E-state index in [-0.39, 0.29) is 25.0 Å². The predicted molar refractivity (Wildman–Crippen MR) is 123 cm³/mol. The lowest BCUT2D eigenvalue weighted by Crippen LogP contribution is -2.50. The number of aliphatic carboxylic acids is 1. The maximum Gasteiger partial charge on any atom is 0.308 e. The number of carbonyl (C=O) groups excluding carboxylic acids is 1. The number of carboxylic acids is 1. The second kappa shape index (κ2) is 10.0. The van der Waals surface area contributed by atoms with Gasteiger partial charge in [-0.05, 0) is 48.6 Å². The normalized spacial score (nSPS) is 20.2. The summed E-state index contributed by atoms with van der Waals surface area (Å²) in [6.45, 7) is 0.791. The van der Waals surface area contributed by atoms with Crippen molar-refractivity contribution >= 4 is 23.3 Å². The van der Waals surface area contributed by atoms with Gasteiger partial charge < -0.3 is 25.8 Å². The SMILES string of the molecule is Nc1ccc(CN2C(=O)[C@@H](NC[C@H](C(=O)O)C3CCCCC3)COc3ccccc32)cc1. The van der Waals surface area contributed by atoms with Crippen LogP contribution in [-0.4, -0.2) is 36.2 Å². The molecule has 1 aliphatic carbocycles. The Labute approximate surface area is 188 Å². The molecule has 1 aliphatic heterocycles. The third kappa shape index (κ3) is 5.05. The summed E-state index contributed by atoms with van der Waals surface area (Å²) in [7, 11) is 0. The van der Waals surface area contributed by atoms with Gasteiger partial charge in [-0.25, -0.2) is 0 Å². The molecule has 0 bridgehead atoms. The van der Waals surface area contributed by atoms with E-state index in [9.17, 15) is 14.7 Å². The molecule has 0 spiro atoms. The number of nitrogens with two attached hydrogens (primary N) is 1.